The number of carbonyl (C=O) groups excluding carboxylic acids is 1. The number of aryl methyl sites for hydroxylation is 1. The highest BCUT2D eigenvalue weighted by molar-refractivity contribution is 9.10. The Hall–Kier alpha value is -2.55. The second-order valence-corrected chi connectivity index (χ2v) is 5.87. The minimum atomic E-state index is -0.418. The first-order chi connectivity index (χ1) is 11.0. The molecule has 1 N–H and O–H groups in total. The van der Waals surface area contributed by atoms with E-state index < -0.39 is 5.91 Å². The molecule has 9 heteroatoms. The van der Waals surface area contributed by atoms with Gasteiger partial charge < -0.3 is 0 Å². The highest BCUT2D eigenvalue weighted by Gasteiger charge is 2.12. The van der Waals surface area contributed by atoms with Crippen LogP contribution in [0.5, 0.6) is 0 Å². The van der Waals surface area contributed by atoms with Gasteiger partial charge in [-0.25, -0.2) is 10.1 Å². The summed E-state index contributed by atoms with van der Waals surface area (Å²) in [5.41, 5.74) is 3.67. The van der Waals surface area contributed by atoms with Gasteiger partial charge in [-0.05, 0) is 41.1 Å². The number of nitrogens with zero attached hydrogens (tertiary/aromatic N) is 5. The van der Waals surface area contributed by atoms with Crippen molar-refractivity contribution in [3.63, 3.8) is 0 Å². The van der Waals surface area contributed by atoms with Crippen molar-refractivity contribution in [2.45, 2.75) is 20.4 Å². The second-order valence-electron chi connectivity index (χ2n) is 5.02. The van der Waals surface area contributed by atoms with Crippen LogP contribution in [0.15, 0.2) is 33.7 Å². The Bertz CT molecular complexity index is 962. The van der Waals surface area contributed by atoms with Crippen molar-refractivity contribution in [1.29, 1.82) is 0 Å². The number of nitrogens with one attached hydrogen (secondary N) is 1. The van der Waals surface area contributed by atoms with Crippen molar-refractivity contribution in [2.24, 2.45) is 0 Å². The van der Waals surface area contributed by atoms with Crippen molar-refractivity contribution in [2.75, 3.05) is 5.43 Å². The number of hydrogen-bond donors (Lipinski definition) is 1. The van der Waals surface area contributed by atoms with E-state index in [9.17, 15) is 9.59 Å². The smallest absolute Gasteiger partial charge is 0.271 e. The number of aromatic nitrogens is 5. The first-order valence-electron chi connectivity index (χ1n) is 6.80. The molecular weight excluding hydrogens is 364 g/mol. The summed E-state index contributed by atoms with van der Waals surface area (Å²) in [6, 6.07) is 5.39. The summed E-state index contributed by atoms with van der Waals surface area (Å²) in [6.07, 6.45) is 1.56. The van der Waals surface area contributed by atoms with Crippen LogP contribution in [0.25, 0.3) is 10.8 Å². The molecule has 0 bridgehead atoms. The van der Waals surface area contributed by atoms with Crippen molar-refractivity contribution in [1.82, 2.24) is 24.9 Å². The third-order valence-corrected chi connectivity index (χ3v) is 4.14. The summed E-state index contributed by atoms with van der Waals surface area (Å²) in [7, 11) is 0. The molecule has 0 aliphatic rings. The maximum atomic E-state index is 12.5. The number of benzene rings is 1. The third-order valence-electron chi connectivity index (χ3n) is 3.48. The van der Waals surface area contributed by atoms with E-state index in [2.05, 4.69) is 36.8 Å². The average molecular weight is 377 g/mol. The standard InChI is InChI=1S/C14H13BrN6O2/c1-8-9(2)21(19-17-8)18-12(22)7-20-14(23)13-10(6-16-20)4-3-5-11(13)15/h3-6H,7H2,1-2H3,(H,18,22). The summed E-state index contributed by atoms with van der Waals surface area (Å²) < 4.78 is 1.78. The fourth-order valence-electron chi connectivity index (χ4n) is 2.10. The average Bonchev–Trinajstić information content (AvgIpc) is 2.82. The molecule has 0 saturated heterocycles. The zero-order valence-corrected chi connectivity index (χ0v) is 14.0. The summed E-state index contributed by atoms with van der Waals surface area (Å²) in [5, 5.41) is 12.9. The first kappa shape index (κ1) is 15.3. The molecule has 0 aliphatic heterocycles. The van der Waals surface area contributed by atoms with E-state index in [1.54, 1.807) is 32.2 Å². The topological polar surface area (TPSA) is 94.7 Å². The Kier molecular flexibility index (Phi) is 3.95. The van der Waals surface area contributed by atoms with Crippen molar-refractivity contribution >= 4 is 32.6 Å². The molecule has 1 aromatic carbocycles. The Labute approximate surface area is 139 Å². The van der Waals surface area contributed by atoms with E-state index in [1.807, 2.05) is 6.07 Å². The van der Waals surface area contributed by atoms with E-state index in [0.29, 0.717) is 15.2 Å². The Morgan fingerprint density at radius 1 is 1.35 bits per heavy atom. The lowest BCUT2D eigenvalue weighted by molar-refractivity contribution is -0.118. The van der Waals surface area contributed by atoms with E-state index in [1.165, 1.54) is 4.79 Å². The molecule has 0 fully saturated rings. The van der Waals surface area contributed by atoms with E-state index in [-0.39, 0.29) is 12.1 Å². The molecule has 2 aromatic heterocycles. The molecule has 0 atom stereocenters. The summed E-state index contributed by atoms with van der Waals surface area (Å²) in [5.74, 6) is -0.418. The maximum absolute atomic E-state index is 12.5. The summed E-state index contributed by atoms with van der Waals surface area (Å²) in [6.45, 7) is 3.36. The van der Waals surface area contributed by atoms with Crippen LogP contribution in [-0.2, 0) is 11.3 Å². The molecule has 8 nitrogen and oxygen atoms in total. The second kappa shape index (κ2) is 5.92. The molecule has 118 valence electrons. The van der Waals surface area contributed by atoms with Crippen LogP contribution in [0.1, 0.15) is 11.4 Å². The largest absolute Gasteiger partial charge is 0.276 e. The predicted octanol–water partition coefficient (Wildman–Crippen LogP) is 1.14. The number of carbonyl (C=O) groups is 1. The molecule has 23 heavy (non-hydrogen) atoms. The molecule has 3 rings (SSSR count). The lowest BCUT2D eigenvalue weighted by atomic mass is 10.2. The minimum absolute atomic E-state index is 0.214. The fraction of sp³-hybridized carbons (Fsp3) is 0.214. The lowest BCUT2D eigenvalue weighted by Gasteiger charge is -2.08. The van der Waals surface area contributed by atoms with Gasteiger partial charge in [-0.2, -0.15) is 9.89 Å². The highest BCUT2D eigenvalue weighted by atomic mass is 79.9. The van der Waals surface area contributed by atoms with Gasteiger partial charge in [0.05, 0.1) is 23.0 Å². The fourth-order valence-corrected chi connectivity index (χ4v) is 2.65. The SMILES string of the molecule is Cc1nnn(NC(=O)Cn2ncc3cccc(Br)c3c2=O)c1C. The summed E-state index contributed by atoms with van der Waals surface area (Å²) in [4.78, 5) is 25.8. The van der Waals surface area contributed by atoms with Crippen molar-refractivity contribution in [3.8, 4) is 0 Å². The van der Waals surface area contributed by atoms with Crippen LogP contribution in [-0.4, -0.2) is 30.8 Å². The zero-order valence-electron chi connectivity index (χ0n) is 12.4. The maximum Gasteiger partial charge on any atom is 0.276 e. The highest BCUT2D eigenvalue weighted by Crippen LogP contribution is 2.19. The van der Waals surface area contributed by atoms with Crippen LogP contribution in [0.2, 0.25) is 0 Å². The van der Waals surface area contributed by atoms with Crippen LogP contribution >= 0.6 is 15.9 Å². The number of fused-ring (bicyclic) bond motifs is 1. The number of halogens is 1. The number of hydrogen-bond acceptors (Lipinski definition) is 5. The normalized spacial score (nSPS) is 10.9. The van der Waals surface area contributed by atoms with Gasteiger partial charge in [-0.3, -0.25) is 9.59 Å². The van der Waals surface area contributed by atoms with Gasteiger partial charge in [0, 0.05) is 9.86 Å². The first-order valence-corrected chi connectivity index (χ1v) is 7.60. The Morgan fingerprint density at radius 2 is 2.13 bits per heavy atom. The van der Waals surface area contributed by atoms with Gasteiger partial charge in [0.15, 0.2) is 0 Å². The van der Waals surface area contributed by atoms with E-state index in [0.717, 1.165) is 16.1 Å². The van der Waals surface area contributed by atoms with E-state index >= 15 is 0 Å². The quantitative estimate of drug-likeness (QED) is 0.739. The molecule has 1 amide bonds. The molecule has 0 unspecified atom stereocenters. The van der Waals surface area contributed by atoms with Crippen LogP contribution in [0.4, 0.5) is 0 Å². The van der Waals surface area contributed by atoms with Gasteiger partial charge in [-0.1, -0.05) is 12.1 Å². The van der Waals surface area contributed by atoms with Crippen LogP contribution in [0.3, 0.4) is 0 Å². The van der Waals surface area contributed by atoms with E-state index in [4.69, 9.17) is 0 Å². The van der Waals surface area contributed by atoms with Crippen LogP contribution < -0.4 is 11.0 Å². The molecule has 3 aromatic rings. The van der Waals surface area contributed by atoms with Crippen molar-refractivity contribution in [3.05, 3.63) is 50.6 Å². The molecule has 0 radical (unpaired) electrons. The molecular formula is C14H13BrN6O2. The molecule has 2 heterocycles. The monoisotopic (exact) mass is 376 g/mol. The Balaban J connectivity index is 1.88. The molecule has 0 saturated carbocycles. The lowest BCUT2D eigenvalue weighted by Crippen LogP contribution is -2.33. The molecule has 0 spiro atoms. The Morgan fingerprint density at radius 3 is 2.83 bits per heavy atom. The van der Waals surface area contributed by atoms with Gasteiger partial charge in [0.2, 0.25) is 0 Å². The summed E-state index contributed by atoms with van der Waals surface area (Å²) >= 11 is 3.35. The third kappa shape index (κ3) is 2.87. The van der Waals surface area contributed by atoms with Gasteiger partial charge in [-0.15, -0.1) is 5.10 Å². The van der Waals surface area contributed by atoms with Gasteiger partial charge in [0.1, 0.15) is 6.54 Å². The molecule has 0 aliphatic carbocycles. The predicted molar refractivity (Wildman–Crippen MR) is 87.6 cm³/mol. The van der Waals surface area contributed by atoms with Gasteiger partial charge in [0.25, 0.3) is 11.5 Å². The minimum Gasteiger partial charge on any atom is -0.271 e. The number of amides is 1. The van der Waals surface area contributed by atoms with Crippen LogP contribution in [0, 0.1) is 13.8 Å². The van der Waals surface area contributed by atoms with Gasteiger partial charge >= 0.3 is 0 Å². The number of rotatable bonds is 3. The zero-order chi connectivity index (χ0) is 16.6. The van der Waals surface area contributed by atoms with Crippen molar-refractivity contribution < 1.29 is 4.79 Å².